The first kappa shape index (κ1) is 21.2. The molecule has 3 aliphatic rings. The molecular formula is C25H36N2O3. The van der Waals surface area contributed by atoms with Gasteiger partial charge in [-0.1, -0.05) is 32.0 Å². The molecule has 0 unspecified atom stereocenters. The molecule has 0 N–H and O–H groups in total. The fraction of sp³-hybridized carbons (Fsp3) is 0.680. The first-order chi connectivity index (χ1) is 14.5. The maximum atomic E-state index is 13.3. The van der Waals surface area contributed by atoms with Crippen LogP contribution in [0.5, 0.6) is 5.75 Å². The van der Waals surface area contributed by atoms with E-state index in [4.69, 9.17) is 4.74 Å². The zero-order valence-corrected chi connectivity index (χ0v) is 18.7. The molecule has 3 heterocycles. The van der Waals surface area contributed by atoms with E-state index in [2.05, 4.69) is 23.6 Å². The Bertz CT molecular complexity index is 777. The molecule has 0 spiro atoms. The highest BCUT2D eigenvalue weighted by atomic mass is 16.5. The lowest BCUT2D eigenvalue weighted by Gasteiger charge is -2.57. The summed E-state index contributed by atoms with van der Waals surface area (Å²) in [5.74, 6) is 2.78. The van der Waals surface area contributed by atoms with Crippen molar-refractivity contribution in [2.45, 2.75) is 70.9 Å². The van der Waals surface area contributed by atoms with Crippen LogP contribution in [0.25, 0.3) is 0 Å². The van der Waals surface area contributed by atoms with Gasteiger partial charge in [-0.15, -0.1) is 0 Å². The van der Waals surface area contributed by atoms with E-state index in [0.29, 0.717) is 48.6 Å². The first-order valence-electron chi connectivity index (χ1n) is 11.7. The molecule has 1 aromatic rings. The molecule has 2 amide bonds. The van der Waals surface area contributed by atoms with Crippen molar-refractivity contribution in [1.82, 2.24) is 9.80 Å². The average molecular weight is 413 g/mol. The van der Waals surface area contributed by atoms with E-state index in [1.54, 1.807) is 7.11 Å². The molecule has 164 valence electrons. The number of piperidine rings is 3. The van der Waals surface area contributed by atoms with Crippen LogP contribution < -0.4 is 4.74 Å². The number of nitrogens with zero attached hydrogens (tertiary/aromatic N) is 2. The van der Waals surface area contributed by atoms with E-state index in [-0.39, 0.29) is 5.91 Å². The van der Waals surface area contributed by atoms with Crippen molar-refractivity contribution in [3.05, 3.63) is 29.8 Å². The first-order valence-corrected chi connectivity index (χ1v) is 11.7. The number of benzene rings is 1. The smallest absolute Gasteiger partial charge is 0.227 e. The Hall–Kier alpha value is -2.04. The largest absolute Gasteiger partial charge is 0.496 e. The summed E-state index contributed by atoms with van der Waals surface area (Å²) in [7, 11) is 1.66. The van der Waals surface area contributed by atoms with Crippen LogP contribution in [0.15, 0.2) is 24.3 Å². The van der Waals surface area contributed by atoms with E-state index >= 15 is 0 Å². The number of carbonyl (C=O) groups is 2. The van der Waals surface area contributed by atoms with Crippen molar-refractivity contribution in [3.8, 4) is 5.75 Å². The van der Waals surface area contributed by atoms with Gasteiger partial charge < -0.3 is 14.5 Å². The number of likely N-dealkylation sites (tertiary alicyclic amines) is 1. The topological polar surface area (TPSA) is 49.9 Å². The summed E-state index contributed by atoms with van der Waals surface area (Å²) in [6.07, 6.45) is 6.53. The zero-order chi connectivity index (χ0) is 21.3. The molecule has 3 aliphatic heterocycles. The number of rotatable bonds is 6. The number of carbonyl (C=O) groups excluding carboxylic acids is 2. The predicted molar refractivity (Wildman–Crippen MR) is 117 cm³/mol. The van der Waals surface area contributed by atoms with Crippen LogP contribution in [-0.2, 0) is 16.0 Å². The van der Waals surface area contributed by atoms with Gasteiger partial charge in [0.05, 0.1) is 13.5 Å². The van der Waals surface area contributed by atoms with Gasteiger partial charge in [-0.25, -0.2) is 0 Å². The maximum Gasteiger partial charge on any atom is 0.227 e. The van der Waals surface area contributed by atoms with Gasteiger partial charge in [-0.3, -0.25) is 9.59 Å². The van der Waals surface area contributed by atoms with Crippen molar-refractivity contribution < 1.29 is 14.3 Å². The van der Waals surface area contributed by atoms with Crippen molar-refractivity contribution in [2.75, 3.05) is 20.2 Å². The van der Waals surface area contributed by atoms with E-state index in [1.165, 1.54) is 0 Å². The van der Waals surface area contributed by atoms with Gasteiger partial charge in [0.25, 0.3) is 0 Å². The highest BCUT2D eigenvalue weighted by molar-refractivity contribution is 5.80. The standard InChI is InChI=1S/C25H36N2O3/c1-17(2)11-12-22-20-13-19(21-8-6-10-24(28)27(21)22)15-26(16-20)25(29)14-18-7-4-5-9-23(18)30-3/h4-5,7,9,17,19-22H,6,8,10-16H2,1-3H3/t19-,20+,21+,22+/m1/s1. The molecule has 3 fully saturated rings. The highest BCUT2D eigenvalue weighted by Crippen LogP contribution is 2.43. The molecule has 1 aromatic carbocycles. The predicted octanol–water partition coefficient (Wildman–Crippen LogP) is 3.90. The van der Waals surface area contributed by atoms with Crippen molar-refractivity contribution in [2.24, 2.45) is 17.8 Å². The van der Waals surface area contributed by atoms with Crippen LogP contribution in [0.3, 0.4) is 0 Å². The molecule has 0 radical (unpaired) electrons. The Morgan fingerprint density at radius 1 is 1.20 bits per heavy atom. The second kappa shape index (κ2) is 8.99. The maximum absolute atomic E-state index is 13.3. The van der Waals surface area contributed by atoms with E-state index in [0.717, 1.165) is 56.5 Å². The Labute approximate surface area is 180 Å². The van der Waals surface area contributed by atoms with E-state index < -0.39 is 0 Å². The van der Waals surface area contributed by atoms with Gasteiger partial charge in [0.1, 0.15) is 5.75 Å². The Morgan fingerprint density at radius 3 is 2.73 bits per heavy atom. The van der Waals surface area contributed by atoms with E-state index in [9.17, 15) is 9.59 Å². The summed E-state index contributed by atoms with van der Waals surface area (Å²) < 4.78 is 5.45. The number of fused-ring (bicyclic) bond motifs is 4. The van der Waals surface area contributed by atoms with Crippen molar-refractivity contribution >= 4 is 11.8 Å². The van der Waals surface area contributed by atoms with Gasteiger partial charge >= 0.3 is 0 Å². The quantitative estimate of drug-likeness (QED) is 0.712. The summed E-state index contributed by atoms with van der Waals surface area (Å²) in [6.45, 7) is 6.08. The molecule has 4 atom stereocenters. The normalized spacial score (nSPS) is 28.5. The minimum Gasteiger partial charge on any atom is -0.496 e. The van der Waals surface area contributed by atoms with Gasteiger partial charge in [0, 0.05) is 37.2 Å². The Morgan fingerprint density at radius 2 is 1.97 bits per heavy atom. The third-order valence-electron chi connectivity index (χ3n) is 7.42. The number of amides is 2. The summed E-state index contributed by atoms with van der Waals surface area (Å²) in [5.41, 5.74) is 0.951. The van der Waals surface area contributed by atoms with Gasteiger partial charge in [0.2, 0.25) is 11.8 Å². The molecule has 5 nitrogen and oxygen atoms in total. The minimum atomic E-state index is 0.187. The molecule has 2 bridgehead atoms. The second-order valence-electron chi connectivity index (χ2n) is 9.84. The van der Waals surface area contributed by atoms with E-state index in [1.807, 2.05) is 24.3 Å². The van der Waals surface area contributed by atoms with Crippen LogP contribution in [0.2, 0.25) is 0 Å². The molecule has 3 saturated heterocycles. The highest BCUT2D eigenvalue weighted by Gasteiger charge is 2.49. The lowest BCUT2D eigenvalue weighted by atomic mass is 9.70. The molecule has 0 aliphatic carbocycles. The summed E-state index contributed by atoms with van der Waals surface area (Å²) in [6, 6.07) is 8.41. The fourth-order valence-corrected chi connectivity index (χ4v) is 5.98. The fourth-order valence-electron chi connectivity index (χ4n) is 5.98. The Balaban J connectivity index is 1.52. The number of hydrogen-bond donors (Lipinski definition) is 0. The molecular weight excluding hydrogens is 376 g/mol. The summed E-state index contributed by atoms with van der Waals surface area (Å²) in [5, 5.41) is 0. The lowest BCUT2D eigenvalue weighted by Crippen LogP contribution is -2.65. The van der Waals surface area contributed by atoms with Crippen LogP contribution in [0, 0.1) is 17.8 Å². The number of ether oxygens (including phenoxy) is 1. The molecule has 5 heteroatoms. The lowest BCUT2D eigenvalue weighted by molar-refractivity contribution is -0.156. The second-order valence-corrected chi connectivity index (χ2v) is 9.84. The number of hydrogen-bond acceptors (Lipinski definition) is 3. The average Bonchev–Trinajstić information content (AvgIpc) is 2.74. The third kappa shape index (κ3) is 4.21. The van der Waals surface area contributed by atoms with Crippen LogP contribution >= 0.6 is 0 Å². The van der Waals surface area contributed by atoms with Crippen molar-refractivity contribution in [1.29, 1.82) is 0 Å². The SMILES string of the molecule is COc1ccccc1CC(=O)N1C[C@H]2C[C@@H](C1)[C@H](CCC(C)C)N1C(=O)CCC[C@@H]21. The molecule has 4 rings (SSSR count). The Kier molecular flexibility index (Phi) is 6.35. The van der Waals surface area contributed by atoms with Crippen molar-refractivity contribution in [3.63, 3.8) is 0 Å². The van der Waals surface area contributed by atoms with Gasteiger partial charge in [-0.05, 0) is 55.9 Å². The number of para-hydroxylation sites is 1. The summed E-state index contributed by atoms with van der Waals surface area (Å²) in [4.78, 5) is 30.5. The van der Waals surface area contributed by atoms with Crippen LogP contribution in [0.1, 0.15) is 57.9 Å². The van der Waals surface area contributed by atoms with Gasteiger partial charge in [0.15, 0.2) is 0 Å². The third-order valence-corrected chi connectivity index (χ3v) is 7.42. The van der Waals surface area contributed by atoms with Gasteiger partial charge in [-0.2, -0.15) is 0 Å². The zero-order valence-electron chi connectivity index (χ0n) is 18.7. The minimum absolute atomic E-state index is 0.187. The van der Waals surface area contributed by atoms with Crippen LogP contribution in [-0.4, -0.2) is 53.9 Å². The number of methoxy groups -OCH3 is 1. The monoisotopic (exact) mass is 412 g/mol. The molecule has 30 heavy (non-hydrogen) atoms. The molecule has 0 aromatic heterocycles. The summed E-state index contributed by atoms with van der Waals surface area (Å²) >= 11 is 0. The van der Waals surface area contributed by atoms with Crippen LogP contribution in [0.4, 0.5) is 0 Å². The molecule has 0 saturated carbocycles.